The molecule has 1 aromatic rings. The average molecular weight is 234 g/mol. The molecule has 0 radical (unpaired) electrons. The molecule has 0 spiro atoms. The van der Waals surface area contributed by atoms with Crippen LogP contribution in [0.1, 0.15) is 33.1 Å². The lowest BCUT2D eigenvalue weighted by Crippen LogP contribution is -2.25. The molecule has 0 amide bonds. The smallest absolute Gasteiger partial charge is 0.0366 e. The Morgan fingerprint density at radius 1 is 1.18 bits per heavy atom. The molecule has 0 aromatic heterocycles. The minimum Gasteiger partial charge on any atom is -0.372 e. The van der Waals surface area contributed by atoms with Gasteiger partial charge in [0.25, 0.3) is 0 Å². The van der Waals surface area contributed by atoms with Gasteiger partial charge in [0.1, 0.15) is 0 Å². The van der Waals surface area contributed by atoms with Gasteiger partial charge in [-0.3, -0.25) is 0 Å². The van der Waals surface area contributed by atoms with Crippen LogP contribution < -0.4 is 10.2 Å². The quantitative estimate of drug-likeness (QED) is 0.694. The van der Waals surface area contributed by atoms with Crippen LogP contribution in [0, 0.1) is 0 Å². The lowest BCUT2D eigenvalue weighted by Gasteiger charge is -2.23. The van der Waals surface area contributed by atoms with Gasteiger partial charge in [0.2, 0.25) is 0 Å². The Bertz CT molecular complexity index is 284. The Labute approximate surface area is 106 Å². The number of anilines is 1. The van der Waals surface area contributed by atoms with E-state index in [4.69, 9.17) is 0 Å². The van der Waals surface area contributed by atoms with Crippen LogP contribution in [0.3, 0.4) is 0 Å². The molecule has 0 saturated heterocycles. The van der Waals surface area contributed by atoms with Crippen molar-refractivity contribution in [3.8, 4) is 0 Å². The van der Waals surface area contributed by atoms with E-state index in [-0.39, 0.29) is 0 Å². The molecule has 1 unspecified atom stereocenters. The molecule has 1 rings (SSSR count). The van der Waals surface area contributed by atoms with Crippen LogP contribution in [0.4, 0.5) is 5.69 Å². The Morgan fingerprint density at radius 3 is 2.47 bits per heavy atom. The first-order chi connectivity index (χ1) is 8.27. The average Bonchev–Trinajstić information content (AvgIpc) is 2.39. The summed E-state index contributed by atoms with van der Waals surface area (Å²) in [7, 11) is 2.03. The highest BCUT2D eigenvalue weighted by atomic mass is 15.1. The predicted octanol–water partition coefficient (Wildman–Crippen LogP) is 3.29. The fourth-order valence-corrected chi connectivity index (χ4v) is 2.01. The standard InChI is InChI=1S/C15H26N2/c1-4-17(15-11-6-5-7-12-15)13-9-8-10-14(2)16-3/h5-7,11-12,14,16H,4,8-10,13H2,1-3H3. The molecule has 1 N–H and O–H groups in total. The molecule has 0 aliphatic rings. The van der Waals surface area contributed by atoms with Crippen molar-refractivity contribution in [2.75, 3.05) is 25.0 Å². The number of unbranched alkanes of at least 4 members (excludes halogenated alkanes) is 1. The third-order valence-corrected chi connectivity index (χ3v) is 3.31. The van der Waals surface area contributed by atoms with Crippen molar-refractivity contribution < 1.29 is 0 Å². The van der Waals surface area contributed by atoms with Gasteiger partial charge < -0.3 is 10.2 Å². The Hall–Kier alpha value is -1.02. The number of para-hydroxylation sites is 1. The SMILES string of the molecule is CCN(CCCCC(C)NC)c1ccccc1. The summed E-state index contributed by atoms with van der Waals surface area (Å²) in [4.78, 5) is 2.45. The van der Waals surface area contributed by atoms with Crippen LogP contribution in [-0.4, -0.2) is 26.2 Å². The molecule has 96 valence electrons. The fraction of sp³-hybridized carbons (Fsp3) is 0.600. The van der Waals surface area contributed by atoms with E-state index in [2.05, 4.69) is 54.4 Å². The zero-order valence-corrected chi connectivity index (χ0v) is 11.4. The first-order valence-electron chi connectivity index (χ1n) is 6.75. The molecule has 0 fully saturated rings. The van der Waals surface area contributed by atoms with Crippen molar-refractivity contribution in [1.82, 2.24) is 5.32 Å². The Balaban J connectivity index is 2.29. The lowest BCUT2D eigenvalue weighted by molar-refractivity contribution is 0.526. The number of rotatable bonds is 8. The number of nitrogens with one attached hydrogen (secondary N) is 1. The molecule has 17 heavy (non-hydrogen) atoms. The van der Waals surface area contributed by atoms with Crippen molar-refractivity contribution in [3.63, 3.8) is 0 Å². The maximum absolute atomic E-state index is 3.29. The molecule has 1 aromatic carbocycles. The lowest BCUT2D eigenvalue weighted by atomic mass is 10.1. The van der Waals surface area contributed by atoms with Gasteiger partial charge in [-0.05, 0) is 45.9 Å². The van der Waals surface area contributed by atoms with E-state index in [9.17, 15) is 0 Å². The highest BCUT2D eigenvalue weighted by Crippen LogP contribution is 2.14. The van der Waals surface area contributed by atoms with Crippen LogP contribution in [-0.2, 0) is 0 Å². The van der Waals surface area contributed by atoms with Crippen LogP contribution in [0.15, 0.2) is 30.3 Å². The predicted molar refractivity (Wildman–Crippen MR) is 76.7 cm³/mol. The van der Waals surface area contributed by atoms with Crippen molar-refractivity contribution in [1.29, 1.82) is 0 Å². The van der Waals surface area contributed by atoms with Crippen molar-refractivity contribution in [2.24, 2.45) is 0 Å². The van der Waals surface area contributed by atoms with Crippen LogP contribution >= 0.6 is 0 Å². The second-order valence-corrected chi connectivity index (χ2v) is 4.60. The van der Waals surface area contributed by atoms with Crippen LogP contribution in [0.5, 0.6) is 0 Å². The Morgan fingerprint density at radius 2 is 1.88 bits per heavy atom. The monoisotopic (exact) mass is 234 g/mol. The second kappa shape index (κ2) is 8.13. The molecule has 2 heteroatoms. The molecule has 2 nitrogen and oxygen atoms in total. The van der Waals surface area contributed by atoms with E-state index in [0.717, 1.165) is 13.1 Å². The molecule has 0 saturated carbocycles. The summed E-state index contributed by atoms with van der Waals surface area (Å²) >= 11 is 0. The molecular formula is C15H26N2. The van der Waals surface area contributed by atoms with E-state index < -0.39 is 0 Å². The summed E-state index contributed by atoms with van der Waals surface area (Å²) in [5, 5.41) is 3.29. The summed E-state index contributed by atoms with van der Waals surface area (Å²) in [6, 6.07) is 11.3. The van der Waals surface area contributed by atoms with Gasteiger partial charge in [-0.2, -0.15) is 0 Å². The second-order valence-electron chi connectivity index (χ2n) is 4.60. The molecule has 0 heterocycles. The summed E-state index contributed by atoms with van der Waals surface area (Å²) in [5.74, 6) is 0. The zero-order chi connectivity index (χ0) is 12.5. The maximum Gasteiger partial charge on any atom is 0.0366 e. The molecule has 0 aliphatic heterocycles. The zero-order valence-electron chi connectivity index (χ0n) is 11.4. The third-order valence-electron chi connectivity index (χ3n) is 3.31. The first kappa shape index (κ1) is 14.0. The first-order valence-corrected chi connectivity index (χ1v) is 6.75. The number of hydrogen-bond donors (Lipinski definition) is 1. The van der Waals surface area contributed by atoms with Gasteiger partial charge in [-0.25, -0.2) is 0 Å². The summed E-state index contributed by atoms with van der Waals surface area (Å²) in [6.07, 6.45) is 3.84. The van der Waals surface area contributed by atoms with E-state index in [0.29, 0.717) is 6.04 Å². The summed E-state index contributed by atoms with van der Waals surface area (Å²) in [6.45, 7) is 6.72. The molecular weight excluding hydrogens is 208 g/mol. The normalized spacial score (nSPS) is 12.4. The number of nitrogens with zero attached hydrogens (tertiary/aromatic N) is 1. The summed E-state index contributed by atoms with van der Waals surface area (Å²) < 4.78 is 0. The van der Waals surface area contributed by atoms with E-state index in [1.54, 1.807) is 0 Å². The van der Waals surface area contributed by atoms with Crippen molar-refractivity contribution >= 4 is 5.69 Å². The van der Waals surface area contributed by atoms with Gasteiger partial charge in [0.15, 0.2) is 0 Å². The Kier molecular flexibility index (Phi) is 6.71. The minimum atomic E-state index is 0.641. The van der Waals surface area contributed by atoms with Gasteiger partial charge in [0, 0.05) is 24.8 Å². The largest absolute Gasteiger partial charge is 0.372 e. The van der Waals surface area contributed by atoms with Crippen LogP contribution in [0.2, 0.25) is 0 Å². The minimum absolute atomic E-state index is 0.641. The highest BCUT2D eigenvalue weighted by Gasteiger charge is 2.03. The highest BCUT2D eigenvalue weighted by molar-refractivity contribution is 5.45. The van der Waals surface area contributed by atoms with Crippen molar-refractivity contribution in [3.05, 3.63) is 30.3 Å². The number of hydrogen-bond acceptors (Lipinski definition) is 2. The molecule has 0 aliphatic carbocycles. The van der Waals surface area contributed by atoms with Gasteiger partial charge in [-0.15, -0.1) is 0 Å². The van der Waals surface area contributed by atoms with E-state index in [1.807, 2.05) is 7.05 Å². The van der Waals surface area contributed by atoms with E-state index >= 15 is 0 Å². The van der Waals surface area contributed by atoms with Crippen molar-refractivity contribution in [2.45, 2.75) is 39.2 Å². The van der Waals surface area contributed by atoms with Gasteiger partial charge in [-0.1, -0.05) is 24.6 Å². The van der Waals surface area contributed by atoms with E-state index in [1.165, 1.54) is 24.9 Å². The maximum atomic E-state index is 3.29. The topological polar surface area (TPSA) is 15.3 Å². The summed E-state index contributed by atoms with van der Waals surface area (Å²) in [5.41, 5.74) is 1.34. The number of benzene rings is 1. The van der Waals surface area contributed by atoms with Gasteiger partial charge >= 0.3 is 0 Å². The fourth-order valence-electron chi connectivity index (χ4n) is 2.01. The third kappa shape index (κ3) is 5.22. The van der Waals surface area contributed by atoms with Gasteiger partial charge in [0.05, 0.1) is 0 Å². The molecule has 1 atom stereocenters. The molecule has 0 bridgehead atoms. The van der Waals surface area contributed by atoms with Crippen LogP contribution in [0.25, 0.3) is 0 Å².